The summed E-state index contributed by atoms with van der Waals surface area (Å²) >= 11 is 0. The SMILES string of the molecule is COC1=C(N)CC(O)(OS(=O)(=O)[O-])CC1=[NH+]C(C(=O)O)C(C)O. The van der Waals surface area contributed by atoms with Gasteiger partial charge in [0.15, 0.2) is 5.79 Å². The van der Waals surface area contributed by atoms with E-state index in [0.29, 0.717) is 0 Å². The Hall–Kier alpha value is -1.73. The van der Waals surface area contributed by atoms with Crippen molar-refractivity contribution in [3.05, 3.63) is 11.5 Å². The number of hydrogen-bond acceptors (Lipinski definition) is 9. The molecule has 3 atom stereocenters. The lowest BCUT2D eigenvalue weighted by Crippen LogP contribution is -2.86. The fourth-order valence-electron chi connectivity index (χ4n) is 2.19. The van der Waals surface area contributed by atoms with Crippen LogP contribution in [0.1, 0.15) is 19.8 Å². The molecule has 0 bridgehead atoms. The number of carboxylic acid groups (broad SMARTS) is 1. The zero-order valence-electron chi connectivity index (χ0n) is 12.3. The van der Waals surface area contributed by atoms with Crippen LogP contribution in [0.4, 0.5) is 0 Å². The van der Waals surface area contributed by atoms with E-state index in [1.165, 1.54) is 14.0 Å². The molecule has 0 aromatic rings. The smallest absolute Gasteiger partial charge is 0.375 e. The molecule has 0 spiro atoms. The zero-order chi connectivity index (χ0) is 18.0. The first-order chi connectivity index (χ1) is 10.4. The van der Waals surface area contributed by atoms with Gasteiger partial charge in [0.05, 0.1) is 19.2 Å². The van der Waals surface area contributed by atoms with E-state index in [2.05, 4.69) is 9.18 Å². The zero-order valence-corrected chi connectivity index (χ0v) is 13.2. The Bertz CT molecular complexity index is 640. The first kappa shape index (κ1) is 19.3. The Morgan fingerprint density at radius 2 is 2.04 bits per heavy atom. The molecule has 0 aliphatic heterocycles. The first-order valence-electron chi connectivity index (χ1n) is 6.33. The molecule has 0 amide bonds. The summed E-state index contributed by atoms with van der Waals surface area (Å²) in [6.07, 6.45) is -2.50. The molecule has 0 heterocycles. The van der Waals surface area contributed by atoms with E-state index in [9.17, 15) is 28.0 Å². The van der Waals surface area contributed by atoms with Crippen LogP contribution in [0.2, 0.25) is 0 Å². The summed E-state index contributed by atoms with van der Waals surface area (Å²) in [7, 11) is -4.02. The third kappa shape index (κ3) is 5.14. The summed E-state index contributed by atoms with van der Waals surface area (Å²) < 4.78 is 41.2. The van der Waals surface area contributed by atoms with Crippen LogP contribution in [0, 0.1) is 0 Å². The molecule has 0 aromatic carbocycles. The number of allylic oxidation sites excluding steroid dienone is 1. The third-order valence-corrected chi connectivity index (χ3v) is 3.54. The molecule has 11 nitrogen and oxygen atoms in total. The van der Waals surface area contributed by atoms with E-state index in [1.807, 2.05) is 0 Å². The molecule has 3 unspecified atom stereocenters. The number of aliphatic carboxylic acids is 1. The van der Waals surface area contributed by atoms with Gasteiger partial charge in [-0.15, -0.1) is 0 Å². The number of nitrogens with one attached hydrogen (secondary N) is 1. The summed E-state index contributed by atoms with van der Waals surface area (Å²) in [5.41, 5.74) is 5.36. The van der Waals surface area contributed by atoms with Gasteiger partial charge >= 0.3 is 5.97 Å². The molecule has 0 saturated carbocycles. The topological polar surface area (TPSA) is 193 Å². The van der Waals surface area contributed by atoms with E-state index in [1.54, 1.807) is 0 Å². The van der Waals surface area contributed by atoms with Crippen LogP contribution < -0.4 is 10.7 Å². The number of ether oxygens (including phenoxy) is 1. The van der Waals surface area contributed by atoms with Gasteiger partial charge in [0.25, 0.3) is 6.04 Å². The molecule has 12 heteroatoms. The summed E-state index contributed by atoms with van der Waals surface area (Å²) in [4.78, 5) is 13.5. The summed E-state index contributed by atoms with van der Waals surface area (Å²) in [6.45, 7) is 1.21. The second kappa shape index (κ2) is 6.80. The van der Waals surface area contributed by atoms with Gasteiger partial charge in [0, 0.05) is 6.42 Å². The monoisotopic (exact) mass is 354 g/mol. The van der Waals surface area contributed by atoms with Gasteiger partial charge in [-0.25, -0.2) is 22.4 Å². The first-order valence-corrected chi connectivity index (χ1v) is 7.67. The van der Waals surface area contributed by atoms with Crippen molar-refractivity contribution < 1.29 is 47.0 Å². The van der Waals surface area contributed by atoms with Crippen LogP contribution in [-0.2, 0) is 24.1 Å². The third-order valence-electron chi connectivity index (χ3n) is 3.02. The van der Waals surface area contributed by atoms with Crippen LogP contribution in [0.5, 0.6) is 0 Å². The van der Waals surface area contributed by atoms with Crippen molar-refractivity contribution in [1.82, 2.24) is 0 Å². The second-order valence-corrected chi connectivity index (χ2v) is 6.01. The van der Waals surface area contributed by atoms with Crippen LogP contribution in [0.15, 0.2) is 11.5 Å². The van der Waals surface area contributed by atoms with Crippen molar-refractivity contribution in [1.29, 1.82) is 0 Å². The normalized spacial score (nSPS) is 26.9. The molecule has 0 radical (unpaired) electrons. The van der Waals surface area contributed by atoms with Gasteiger partial charge in [-0.3, -0.25) is 0 Å². The predicted molar refractivity (Wildman–Crippen MR) is 72.3 cm³/mol. The molecule has 1 aliphatic rings. The summed E-state index contributed by atoms with van der Waals surface area (Å²) in [5, 5.41) is 28.6. The Morgan fingerprint density at radius 3 is 2.43 bits per heavy atom. The van der Waals surface area contributed by atoms with Crippen LogP contribution in [0.25, 0.3) is 0 Å². The van der Waals surface area contributed by atoms with Crippen molar-refractivity contribution in [3.8, 4) is 0 Å². The van der Waals surface area contributed by atoms with Crippen molar-refractivity contribution in [2.75, 3.05) is 7.11 Å². The maximum absolute atomic E-state index is 11.1. The average Bonchev–Trinajstić information content (AvgIpc) is 2.31. The van der Waals surface area contributed by atoms with Crippen molar-refractivity contribution in [2.24, 2.45) is 5.73 Å². The number of nitrogens with two attached hydrogens (primary N) is 1. The van der Waals surface area contributed by atoms with Crippen molar-refractivity contribution >= 4 is 22.1 Å². The Morgan fingerprint density at radius 1 is 1.48 bits per heavy atom. The molecule has 23 heavy (non-hydrogen) atoms. The summed E-state index contributed by atoms with van der Waals surface area (Å²) in [5.74, 6) is -3.93. The number of hydrogen-bond donors (Lipinski definition) is 5. The minimum absolute atomic E-state index is 0.0338. The standard InChI is InChI=1S/C11H18N2O9S/c1-5(14)8(10(15)16)13-7-4-11(17,22-23(18,19)20)3-6(12)9(7)21-2/h5,8,14,17H,3-4,12H2,1-2H3,(H,15,16)(H,18,19,20). The largest absolute Gasteiger partial charge is 0.725 e. The maximum atomic E-state index is 11.1. The van der Waals surface area contributed by atoms with Crippen LogP contribution >= 0.6 is 0 Å². The fraction of sp³-hybridized carbons (Fsp3) is 0.636. The van der Waals surface area contributed by atoms with Crippen LogP contribution in [-0.4, -0.2) is 65.0 Å². The minimum Gasteiger partial charge on any atom is -0.725 e. The Labute approximate surface area is 132 Å². The highest BCUT2D eigenvalue weighted by Crippen LogP contribution is 2.30. The van der Waals surface area contributed by atoms with Gasteiger partial charge < -0.3 is 30.3 Å². The number of carbonyl (C=O) groups is 1. The molecule has 1 rings (SSSR count). The number of carboxylic acids is 1. The van der Waals surface area contributed by atoms with Crippen LogP contribution in [0.3, 0.4) is 0 Å². The lowest BCUT2D eigenvalue weighted by molar-refractivity contribution is -0.504. The lowest BCUT2D eigenvalue weighted by atomic mass is 9.94. The number of aliphatic hydroxyl groups is 2. The lowest BCUT2D eigenvalue weighted by Gasteiger charge is -2.32. The highest BCUT2D eigenvalue weighted by molar-refractivity contribution is 7.80. The van der Waals surface area contributed by atoms with Crippen molar-refractivity contribution in [3.63, 3.8) is 0 Å². The van der Waals surface area contributed by atoms with E-state index < -0.39 is 47.1 Å². The van der Waals surface area contributed by atoms with E-state index >= 15 is 0 Å². The molecule has 1 aliphatic carbocycles. The minimum atomic E-state index is -5.24. The van der Waals surface area contributed by atoms with E-state index in [4.69, 9.17) is 15.6 Å². The highest BCUT2D eigenvalue weighted by Gasteiger charge is 2.44. The molecule has 132 valence electrons. The molecular weight excluding hydrogens is 336 g/mol. The van der Waals surface area contributed by atoms with Crippen molar-refractivity contribution in [2.45, 2.75) is 37.7 Å². The quantitative estimate of drug-likeness (QED) is 0.179. The number of aliphatic hydroxyl groups excluding tert-OH is 1. The Kier molecular flexibility index (Phi) is 5.71. The predicted octanol–water partition coefficient (Wildman–Crippen LogP) is -3.88. The number of rotatable bonds is 6. The summed E-state index contributed by atoms with van der Waals surface area (Å²) in [6, 6.07) is -1.49. The Balaban J connectivity index is 3.32. The van der Waals surface area contributed by atoms with Gasteiger partial charge in [0.1, 0.15) is 6.10 Å². The molecule has 0 saturated heterocycles. The molecule has 0 aromatic heterocycles. The fourth-order valence-corrected chi connectivity index (χ4v) is 2.68. The second-order valence-electron chi connectivity index (χ2n) is 5.03. The van der Waals surface area contributed by atoms with E-state index in [0.717, 1.165) is 0 Å². The molecular formula is C11H18N2O9S. The molecule has 0 fully saturated rings. The van der Waals surface area contributed by atoms with Gasteiger partial charge in [-0.2, -0.15) is 0 Å². The average molecular weight is 354 g/mol. The van der Waals surface area contributed by atoms with Gasteiger partial charge in [-0.05, 0) is 6.92 Å². The number of methoxy groups -OCH3 is 1. The maximum Gasteiger partial charge on any atom is 0.375 e. The van der Waals surface area contributed by atoms with E-state index in [-0.39, 0.29) is 17.2 Å². The molecule has 6 N–H and O–H groups in total. The van der Waals surface area contributed by atoms with Gasteiger partial charge in [-0.1, -0.05) is 0 Å². The van der Waals surface area contributed by atoms with Gasteiger partial charge in [0.2, 0.25) is 21.9 Å². The highest BCUT2D eigenvalue weighted by atomic mass is 32.3.